The molecule has 1 saturated heterocycles. The van der Waals surface area contributed by atoms with Gasteiger partial charge in [-0.3, -0.25) is 18.9 Å². The third-order valence-corrected chi connectivity index (χ3v) is 5.39. The van der Waals surface area contributed by atoms with Gasteiger partial charge in [-0.2, -0.15) is 0 Å². The predicted octanol–water partition coefficient (Wildman–Crippen LogP) is -1.63. The fourth-order valence-corrected chi connectivity index (χ4v) is 3.87. The number of anilines is 1. The summed E-state index contributed by atoms with van der Waals surface area (Å²) in [5.74, 6) is -0.155. The molecule has 3 aromatic rings. The van der Waals surface area contributed by atoms with Crippen molar-refractivity contribution in [2.45, 2.75) is 31.1 Å². The van der Waals surface area contributed by atoms with E-state index in [-0.39, 0.29) is 17.1 Å². The highest BCUT2D eigenvalue weighted by Gasteiger charge is 2.47. The molecular weight excluding hydrogens is 433 g/mol. The Morgan fingerprint density at radius 2 is 1.97 bits per heavy atom. The highest BCUT2D eigenvalue weighted by molar-refractivity contribution is 7.46. The molecule has 13 nitrogen and oxygen atoms in total. The summed E-state index contributed by atoms with van der Waals surface area (Å²) < 4.78 is 23.9. The normalized spacial score (nSPS) is 24.1. The SMILES string of the molecule is Nc1nc2c(c(=O)[nH]1)n(Cc1ccccc1)c[n+]2C1O[C@H](COP(=O)(O)O)[C@@H](O)[C@H]1O. The lowest BCUT2D eigenvalue weighted by atomic mass is 10.1. The minimum Gasteiger partial charge on any atom is -0.387 e. The number of nitrogens with zero attached hydrogens (tertiary/aromatic N) is 3. The molecule has 4 atom stereocenters. The Morgan fingerprint density at radius 3 is 2.65 bits per heavy atom. The fourth-order valence-electron chi connectivity index (χ4n) is 3.53. The number of nitrogen functional groups attached to an aromatic ring is 1. The number of aromatic amines is 1. The van der Waals surface area contributed by atoms with Gasteiger partial charge in [0.25, 0.3) is 11.5 Å². The van der Waals surface area contributed by atoms with E-state index in [0.717, 1.165) is 5.56 Å². The summed E-state index contributed by atoms with van der Waals surface area (Å²) in [5.41, 5.74) is 6.34. The number of hydrogen-bond acceptors (Lipinski definition) is 8. The number of fused-ring (bicyclic) bond motifs is 1. The molecule has 1 aliphatic heterocycles. The van der Waals surface area contributed by atoms with Crippen molar-refractivity contribution in [3.05, 3.63) is 52.6 Å². The highest BCUT2D eigenvalue weighted by Crippen LogP contribution is 2.37. The molecule has 3 heterocycles. The van der Waals surface area contributed by atoms with Crippen molar-refractivity contribution in [2.24, 2.45) is 0 Å². The maximum Gasteiger partial charge on any atom is 0.469 e. The Hall–Kier alpha value is -2.64. The Morgan fingerprint density at radius 1 is 1.26 bits per heavy atom. The smallest absolute Gasteiger partial charge is 0.387 e. The summed E-state index contributed by atoms with van der Waals surface area (Å²) in [5, 5.41) is 20.8. The molecular formula is C17H21N5O8P+. The first-order chi connectivity index (χ1) is 14.6. The maximum absolute atomic E-state index is 12.6. The summed E-state index contributed by atoms with van der Waals surface area (Å²) in [6, 6.07) is 9.30. The molecule has 7 N–H and O–H groups in total. The van der Waals surface area contributed by atoms with Crippen molar-refractivity contribution < 1.29 is 38.4 Å². The van der Waals surface area contributed by atoms with Crippen LogP contribution in [0.1, 0.15) is 11.8 Å². The second-order valence-electron chi connectivity index (χ2n) is 7.09. The van der Waals surface area contributed by atoms with Crippen LogP contribution in [0.5, 0.6) is 0 Å². The number of ether oxygens (including phenoxy) is 1. The van der Waals surface area contributed by atoms with E-state index >= 15 is 0 Å². The molecule has 1 aliphatic rings. The number of imidazole rings is 1. The van der Waals surface area contributed by atoms with Crippen LogP contribution in [-0.4, -0.2) is 59.5 Å². The van der Waals surface area contributed by atoms with Gasteiger partial charge >= 0.3 is 13.5 Å². The molecule has 0 saturated carbocycles. The molecule has 1 unspecified atom stereocenters. The van der Waals surface area contributed by atoms with E-state index in [1.54, 1.807) is 4.57 Å². The summed E-state index contributed by atoms with van der Waals surface area (Å²) in [6.45, 7) is -0.354. The molecule has 31 heavy (non-hydrogen) atoms. The minimum absolute atomic E-state index is 0.102. The van der Waals surface area contributed by atoms with Crippen LogP contribution in [0.25, 0.3) is 11.2 Å². The number of phosphoric ester groups is 1. The van der Waals surface area contributed by atoms with Crippen molar-refractivity contribution in [3.63, 3.8) is 0 Å². The van der Waals surface area contributed by atoms with E-state index in [2.05, 4.69) is 14.5 Å². The van der Waals surface area contributed by atoms with E-state index in [9.17, 15) is 19.6 Å². The van der Waals surface area contributed by atoms with Gasteiger partial charge in [-0.1, -0.05) is 35.3 Å². The maximum atomic E-state index is 12.6. The quantitative estimate of drug-likeness (QED) is 0.186. The fraction of sp³-hybridized carbons (Fsp3) is 0.353. The van der Waals surface area contributed by atoms with Crippen molar-refractivity contribution in [3.8, 4) is 0 Å². The Balaban J connectivity index is 1.73. The summed E-state index contributed by atoms with van der Waals surface area (Å²) in [4.78, 5) is 36.9. The molecule has 1 aromatic carbocycles. The number of rotatable bonds is 6. The third kappa shape index (κ3) is 4.38. The Bertz CT molecular complexity index is 1190. The average Bonchev–Trinajstić information content (AvgIpc) is 3.18. The molecule has 2 aromatic heterocycles. The average molecular weight is 454 g/mol. The van der Waals surface area contributed by atoms with E-state index in [1.165, 1.54) is 10.9 Å². The van der Waals surface area contributed by atoms with Gasteiger partial charge in [0.2, 0.25) is 11.7 Å². The first-order valence-corrected chi connectivity index (χ1v) is 10.7. The molecule has 1 fully saturated rings. The van der Waals surface area contributed by atoms with Crippen molar-refractivity contribution in [2.75, 3.05) is 12.3 Å². The van der Waals surface area contributed by atoms with Gasteiger partial charge in [0.1, 0.15) is 18.3 Å². The third-order valence-electron chi connectivity index (χ3n) is 4.90. The zero-order chi connectivity index (χ0) is 22.3. The van der Waals surface area contributed by atoms with Crippen molar-refractivity contribution in [1.29, 1.82) is 0 Å². The molecule has 0 amide bonds. The van der Waals surface area contributed by atoms with E-state index in [0.29, 0.717) is 6.54 Å². The van der Waals surface area contributed by atoms with Gasteiger partial charge in [0.15, 0.2) is 6.33 Å². The largest absolute Gasteiger partial charge is 0.469 e. The van der Waals surface area contributed by atoms with Crippen LogP contribution in [0.2, 0.25) is 0 Å². The van der Waals surface area contributed by atoms with Crippen LogP contribution in [0, 0.1) is 0 Å². The van der Waals surface area contributed by atoms with Gasteiger partial charge in [-0.05, 0) is 5.56 Å². The van der Waals surface area contributed by atoms with Crippen LogP contribution in [0.4, 0.5) is 5.95 Å². The van der Waals surface area contributed by atoms with Gasteiger partial charge in [0.05, 0.1) is 13.2 Å². The number of H-pyrrole nitrogens is 1. The lowest BCUT2D eigenvalue weighted by Crippen LogP contribution is -2.46. The summed E-state index contributed by atoms with van der Waals surface area (Å²) in [6.07, 6.45) is -3.95. The van der Waals surface area contributed by atoms with E-state index in [1.807, 2.05) is 30.3 Å². The zero-order valence-corrected chi connectivity index (χ0v) is 16.9. The molecule has 0 spiro atoms. The summed E-state index contributed by atoms with van der Waals surface area (Å²) >= 11 is 0. The Labute approximate surface area is 174 Å². The van der Waals surface area contributed by atoms with E-state index < -0.39 is 44.5 Å². The van der Waals surface area contributed by atoms with Gasteiger partial charge in [-0.15, -0.1) is 0 Å². The molecule has 0 bridgehead atoms. The first kappa shape index (κ1) is 21.6. The summed E-state index contributed by atoms with van der Waals surface area (Å²) in [7, 11) is -4.80. The monoisotopic (exact) mass is 454 g/mol. The van der Waals surface area contributed by atoms with Crippen molar-refractivity contribution >= 4 is 24.9 Å². The van der Waals surface area contributed by atoms with Gasteiger partial charge < -0.3 is 30.5 Å². The zero-order valence-electron chi connectivity index (χ0n) is 16.0. The van der Waals surface area contributed by atoms with Crippen LogP contribution >= 0.6 is 7.82 Å². The van der Waals surface area contributed by atoms with Crippen LogP contribution in [0.3, 0.4) is 0 Å². The number of nitrogens with two attached hydrogens (primary N) is 1. The molecule has 4 rings (SSSR count). The first-order valence-electron chi connectivity index (χ1n) is 9.19. The molecule has 14 heteroatoms. The topological polar surface area (TPSA) is 197 Å². The van der Waals surface area contributed by atoms with Crippen molar-refractivity contribution in [1.82, 2.24) is 14.5 Å². The number of benzene rings is 1. The number of nitrogens with one attached hydrogen (secondary N) is 1. The second-order valence-corrected chi connectivity index (χ2v) is 8.33. The minimum atomic E-state index is -4.80. The number of aromatic nitrogens is 4. The lowest BCUT2D eigenvalue weighted by molar-refractivity contribution is -0.745. The number of aliphatic hydroxyl groups is 2. The lowest BCUT2D eigenvalue weighted by Gasteiger charge is -2.14. The highest BCUT2D eigenvalue weighted by atomic mass is 31.2. The number of phosphoric acid groups is 1. The number of aliphatic hydroxyl groups excluding tert-OH is 2. The standard InChI is InChI=1S/C17H20N5O8P/c18-17-19-14-11(15(25)20-17)21(6-9-4-2-1-3-5-9)8-22(14)16-13(24)12(23)10(30-16)7-29-31(26,27)28/h1-5,8,10,12-13,16,23-24H,6-7H2,(H4-,18,19,20,25,26,27,28)/p+1/t10-,12-,13-,16?/m1/s1. The van der Waals surface area contributed by atoms with Crippen LogP contribution in [-0.2, 0) is 20.4 Å². The predicted molar refractivity (Wildman–Crippen MR) is 104 cm³/mol. The van der Waals surface area contributed by atoms with E-state index in [4.69, 9.17) is 20.3 Å². The molecule has 0 radical (unpaired) electrons. The Kier molecular flexibility index (Phi) is 5.66. The second kappa shape index (κ2) is 8.13. The van der Waals surface area contributed by atoms with Gasteiger partial charge in [-0.25, -0.2) is 9.13 Å². The van der Waals surface area contributed by atoms with Crippen LogP contribution < -0.4 is 15.9 Å². The molecule has 0 aliphatic carbocycles. The molecule has 166 valence electrons. The number of hydrogen-bond donors (Lipinski definition) is 6. The van der Waals surface area contributed by atoms with Crippen LogP contribution in [0.15, 0.2) is 41.5 Å². The van der Waals surface area contributed by atoms with Gasteiger partial charge in [0, 0.05) is 0 Å².